The van der Waals surface area contributed by atoms with Crippen LogP contribution in [0.4, 0.5) is 5.69 Å². The van der Waals surface area contributed by atoms with E-state index in [9.17, 15) is 9.59 Å². The summed E-state index contributed by atoms with van der Waals surface area (Å²) in [4.78, 5) is 24.5. The Morgan fingerprint density at radius 2 is 1.86 bits per heavy atom. The number of hydroxylamine groups is 1. The predicted molar refractivity (Wildman–Crippen MR) is 84.0 cm³/mol. The van der Waals surface area contributed by atoms with Crippen molar-refractivity contribution in [2.24, 2.45) is 0 Å². The van der Waals surface area contributed by atoms with Crippen LogP contribution in [0.15, 0.2) is 24.3 Å². The van der Waals surface area contributed by atoms with Crippen LogP contribution < -0.4 is 10.8 Å². The second-order valence-electron chi connectivity index (χ2n) is 5.01. The van der Waals surface area contributed by atoms with Gasteiger partial charge in [0.2, 0.25) is 11.8 Å². The van der Waals surface area contributed by atoms with E-state index in [0.717, 1.165) is 12.1 Å². The first-order valence-electron chi connectivity index (χ1n) is 6.99. The van der Waals surface area contributed by atoms with E-state index in [1.54, 1.807) is 0 Å². The quantitative estimate of drug-likeness (QED) is 0.385. The van der Waals surface area contributed by atoms with Gasteiger partial charge in [-0.05, 0) is 31.2 Å². The van der Waals surface area contributed by atoms with Gasteiger partial charge >= 0.3 is 0 Å². The Labute approximate surface area is 130 Å². The Kier molecular flexibility index (Phi) is 7.68. The molecule has 0 radical (unpaired) electrons. The average Bonchev–Trinajstić information content (AvgIpc) is 2.49. The number of rotatable bonds is 8. The maximum atomic E-state index is 11.7. The normalized spacial score (nSPS) is 10.1. The highest BCUT2D eigenvalue weighted by Gasteiger charge is 2.05. The smallest absolute Gasteiger partial charge is 0.243 e. The van der Waals surface area contributed by atoms with E-state index in [2.05, 4.69) is 11.2 Å². The van der Waals surface area contributed by atoms with Gasteiger partial charge in [0.15, 0.2) is 0 Å². The number of carbonyl (C=O) groups excluding carboxylic acids is 2. The van der Waals surface area contributed by atoms with Crippen LogP contribution in [0.5, 0.6) is 0 Å². The van der Waals surface area contributed by atoms with E-state index >= 15 is 0 Å². The Hall–Kier alpha value is -2.36. The molecule has 0 heterocycles. The molecule has 6 heteroatoms. The van der Waals surface area contributed by atoms with Crippen molar-refractivity contribution in [3.8, 4) is 12.3 Å². The third kappa shape index (κ3) is 6.88. The molecular formula is C16H21N3O3. The Morgan fingerprint density at radius 1 is 1.23 bits per heavy atom. The molecule has 0 aliphatic rings. The monoisotopic (exact) mass is 303 g/mol. The molecule has 0 aliphatic heterocycles. The fourth-order valence-electron chi connectivity index (χ4n) is 1.91. The van der Waals surface area contributed by atoms with E-state index in [-0.39, 0.29) is 18.7 Å². The number of terminal acetylenes is 1. The summed E-state index contributed by atoms with van der Waals surface area (Å²) in [5, 5.41) is 11.1. The van der Waals surface area contributed by atoms with Crippen molar-refractivity contribution >= 4 is 17.5 Å². The molecule has 1 rings (SSSR count). The fourth-order valence-corrected chi connectivity index (χ4v) is 1.91. The van der Waals surface area contributed by atoms with E-state index in [4.69, 9.17) is 11.6 Å². The molecule has 0 aliphatic carbocycles. The molecule has 1 aromatic carbocycles. The number of carbonyl (C=O) groups is 2. The van der Waals surface area contributed by atoms with Gasteiger partial charge < -0.3 is 5.32 Å². The minimum Gasteiger partial charge on any atom is -0.326 e. The van der Waals surface area contributed by atoms with Crippen LogP contribution in [0, 0.1) is 12.3 Å². The Bertz CT molecular complexity index is 535. The SMILES string of the molecule is C#CCN(C)Cc1ccc(NC(=O)CCCC(=O)NO)cc1. The lowest BCUT2D eigenvalue weighted by Gasteiger charge is -2.13. The minimum absolute atomic E-state index is 0.115. The summed E-state index contributed by atoms with van der Waals surface area (Å²) in [6, 6.07) is 7.53. The topological polar surface area (TPSA) is 81.7 Å². The van der Waals surface area contributed by atoms with Crippen LogP contribution in [-0.2, 0) is 16.1 Å². The number of anilines is 1. The lowest BCUT2D eigenvalue weighted by molar-refractivity contribution is -0.129. The summed E-state index contributed by atoms with van der Waals surface area (Å²) >= 11 is 0. The zero-order valence-corrected chi connectivity index (χ0v) is 12.6. The van der Waals surface area contributed by atoms with Crippen molar-refractivity contribution in [1.82, 2.24) is 10.4 Å². The van der Waals surface area contributed by atoms with Crippen LogP contribution in [0.2, 0.25) is 0 Å². The lowest BCUT2D eigenvalue weighted by Crippen LogP contribution is -2.19. The summed E-state index contributed by atoms with van der Waals surface area (Å²) in [5.74, 6) is 1.93. The Morgan fingerprint density at radius 3 is 2.45 bits per heavy atom. The van der Waals surface area contributed by atoms with E-state index in [1.807, 2.05) is 36.2 Å². The van der Waals surface area contributed by atoms with Crippen molar-refractivity contribution < 1.29 is 14.8 Å². The number of benzene rings is 1. The highest BCUT2D eigenvalue weighted by Crippen LogP contribution is 2.12. The number of nitrogens with one attached hydrogen (secondary N) is 2. The van der Waals surface area contributed by atoms with Crippen molar-refractivity contribution in [2.75, 3.05) is 18.9 Å². The summed E-state index contributed by atoms with van der Waals surface area (Å²) in [6.07, 6.45) is 5.97. The van der Waals surface area contributed by atoms with Crippen molar-refractivity contribution in [3.63, 3.8) is 0 Å². The summed E-state index contributed by atoms with van der Waals surface area (Å²) in [5.41, 5.74) is 3.35. The summed E-state index contributed by atoms with van der Waals surface area (Å²) in [6.45, 7) is 1.33. The van der Waals surface area contributed by atoms with Gasteiger partial charge in [0.1, 0.15) is 0 Å². The standard InChI is InChI=1S/C16H21N3O3/c1-3-11-19(2)12-13-7-9-14(10-8-13)17-15(20)5-4-6-16(21)18-22/h1,7-10,22H,4-6,11-12H2,2H3,(H,17,20)(H,18,21). The first-order valence-corrected chi connectivity index (χ1v) is 6.99. The van der Waals surface area contributed by atoms with Crippen molar-refractivity contribution in [1.29, 1.82) is 0 Å². The summed E-state index contributed by atoms with van der Waals surface area (Å²) in [7, 11) is 1.94. The number of hydrogen-bond donors (Lipinski definition) is 3. The first-order chi connectivity index (χ1) is 10.5. The van der Waals surface area contributed by atoms with Crippen molar-refractivity contribution in [2.45, 2.75) is 25.8 Å². The molecule has 22 heavy (non-hydrogen) atoms. The highest BCUT2D eigenvalue weighted by atomic mass is 16.5. The molecule has 0 spiro atoms. The zero-order chi connectivity index (χ0) is 16.4. The average molecular weight is 303 g/mol. The number of nitrogens with zero attached hydrogens (tertiary/aromatic N) is 1. The van der Waals surface area contributed by atoms with Gasteiger partial charge in [-0.15, -0.1) is 6.42 Å². The second kappa shape index (κ2) is 9.55. The van der Waals surface area contributed by atoms with Gasteiger partial charge in [-0.1, -0.05) is 18.1 Å². The molecular weight excluding hydrogens is 282 g/mol. The molecule has 0 bridgehead atoms. The van der Waals surface area contributed by atoms with Gasteiger partial charge in [0.25, 0.3) is 0 Å². The third-order valence-electron chi connectivity index (χ3n) is 2.98. The van der Waals surface area contributed by atoms with Crippen LogP contribution in [-0.4, -0.2) is 35.5 Å². The van der Waals surface area contributed by atoms with E-state index < -0.39 is 5.91 Å². The summed E-state index contributed by atoms with van der Waals surface area (Å²) < 4.78 is 0. The second-order valence-corrected chi connectivity index (χ2v) is 5.01. The van der Waals surface area contributed by atoms with Crippen LogP contribution >= 0.6 is 0 Å². The van der Waals surface area contributed by atoms with Crippen LogP contribution in [0.3, 0.4) is 0 Å². The third-order valence-corrected chi connectivity index (χ3v) is 2.98. The molecule has 0 atom stereocenters. The number of hydrogen-bond acceptors (Lipinski definition) is 4. The largest absolute Gasteiger partial charge is 0.326 e. The molecule has 3 N–H and O–H groups in total. The van der Waals surface area contributed by atoms with Crippen molar-refractivity contribution in [3.05, 3.63) is 29.8 Å². The van der Waals surface area contributed by atoms with Gasteiger partial charge in [-0.3, -0.25) is 19.7 Å². The molecule has 1 aromatic rings. The zero-order valence-electron chi connectivity index (χ0n) is 12.6. The van der Waals surface area contributed by atoms with Crippen LogP contribution in [0.25, 0.3) is 0 Å². The molecule has 6 nitrogen and oxygen atoms in total. The van der Waals surface area contributed by atoms with Gasteiger partial charge in [-0.25, -0.2) is 5.48 Å². The first kappa shape index (κ1) is 17.7. The highest BCUT2D eigenvalue weighted by molar-refractivity contribution is 5.90. The molecule has 2 amide bonds. The van der Waals surface area contributed by atoms with Crippen LogP contribution in [0.1, 0.15) is 24.8 Å². The van der Waals surface area contributed by atoms with E-state index in [1.165, 1.54) is 5.48 Å². The molecule has 0 saturated heterocycles. The molecule has 0 unspecified atom stereocenters. The number of amides is 2. The fraction of sp³-hybridized carbons (Fsp3) is 0.375. The van der Waals surface area contributed by atoms with Gasteiger partial charge in [0.05, 0.1) is 6.54 Å². The molecule has 0 saturated carbocycles. The molecule has 118 valence electrons. The Balaban J connectivity index is 2.39. The molecule has 0 fully saturated rings. The van der Waals surface area contributed by atoms with E-state index in [0.29, 0.717) is 18.7 Å². The van der Waals surface area contributed by atoms with Gasteiger partial charge in [0, 0.05) is 25.1 Å². The predicted octanol–water partition coefficient (Wildman–Crippen LogP) is 1.37. The maximum absolute atomic E-state index is 11.7. The minimum atomic E-state index is -0.492. The lowest BCUT2D eigenvalue weighted by atomic mass is 10.2. The maximum Gasteiger partial charge on any atom is 0.243 e. The van der Waals surface area contributed by atoms with Gasteiger partial charge in [-0.2, -0.15) is 0 Å². The molecule has 0 aromatic heterocycles.